The van der Waals surface area contributed by atoms with E-state index in [9.17, 15) is 0 Å². The van der Waals surface area contributed by atoms with E-state index in [1.54, 1.807) is 13.3 Å². The van der Waals surface area contributed by atoms with Crippen LogP contribution in [0.2, 0.25) is 5.02 Å². The molecule has 3 rings (SSSR count). The average Bonchev–Trinajstić information content (AvgIpc) is 2.58. The van der Waals surface area contributed by atoms with Gasteiger partial charge < -0.3 is 4.74 Å². The molecule has 2 heterocycles. The fraction of sp³-hybridized carbons (Fsp3) is 0.222. The summed E-state index contributed by atoms with van der Waals surface area (Å²) in [6.45, 7) is 5.95. The molecule has 3 aromatic rings. The molecular weight excluding hydrogens is 296 g/mol. The molecule has 0 radical (unpaired) electrons. The summed E-state index contributed by atoms with van der Waals surface area (Å²) in [5.74, 6) is 0.629. The Balaban J connectivity index is 0.000000847. The highest BCUT2D eigenvalue weighted by molar-refractivity contribution is 6.36. The highest BCUT2D eigenvalue weighted by Gasteiger charge is 2.13. The van der Waals surface area contributed by atoms with E-state index in [2.05, 4.69) is 9.97 Å². The molecule has 114 valence electrons. The predicted octanol–water partition coefficient (Wildman–Crippen LogP) is 5.29. The predicted molar refractivity (Wildman–Crippen MR) is 92.6 cm³/mol. The lowest BCUT2D eigenvalue weighted by molar-refractivity contribution is 0.415. The van der Waals surface area contributed by atoms with Gasteiger partial charge >= 0.3 is 0 Å². The first-order valence-corrected chi connectivity index (χ1v) is 7.64. The third-order valence-corrected chi connectivity index (χ3v) is 3.54. The summed E-state index contributed by atoms with van der Waals surface area (Å²) in [5, 5.41) is 1.51. The number of fused-ring (bicyclic) bond motifs is 1. The Morgan fingerprint density at radius 3 is 2.50 bits per heavy atom. The number of methoxy groups -OCH3 is 1. The SMILES string of the molecule is CC.COc1ccc2c(-c3ccccn3)cc(C)nc2c1Cl. The number of hydrogen-bond acceptors (Lipinski definition) is 3. The van der Waals surface area contributed by atoms with Crippen LogP contribution in [0.4, 0.5) is 0 Å². The molecule has 0 spiro atoms. The molecule has 2 aromatic heterocycles. The molecule has 4 heteroatoms. The maximum Gasteiger partial charge on any atom is 0.139 e. The topological polar surface area (TPSA) is 35.0 Å². The van der Waals surface area contributed by atoms with Crippen LogP contribution in [0.1, 0.15) is 19.5 Å². The second-order valence-electron chi connectivity index (χ2n) is 4.50. The maximum atomic E-state index is 6.37. The van der Waals surface area contributed by atoms with Gasteiger partial charge in [0.25, 0.3) is 0 Å². The van der Waals surface area contributed by atoms with Crippen molar-refractivity contribution in [1.29, 1.82) is 0 Å². The van der Waals surface area contributed by atoms with Crippen molar-refractivity contribution in [2.45, 2.75) is 20.8 Å². The Labute approximate surface area is 135 Å². The van der Waals surface area contributed by atoms with Crippen LogP contribution >= 0.6 is 11.6 Å². The van der Waals surface area contributed by atoms with Gasteiger partial charge in [-0.3, -0.25) is 9.97 Å². The maximum absolute atomic E-state index is 6.37. The lowest BCUT2D eigenvalue weighted by Crippen LogP contribution is -1.93. The van der Waals surface area contributed by atoms with Gasteiger partial charge in [0.05, 0.1) is 18.3 Å². The molecule has 0 atom stereocenters. The molecule has 0 saturated carbocycles. The molecule has 0 fully saturated rings. The number of benzene rings is 1. The summed E-state index contributed by atoms with van der Waals surface area (Å²) in [7, 11) is 1.60. The molecule has 3 nitrogen and oxygen atoms in total. The lowest BCUT2D eigenvalue weighted by Gasteiger charge is -2.11. The van der Waals surface area contributed by atoms with Crippen LogP contribution in [-0.4, -0.2) is 17.1 Å². The largest absolute Gasteiger partial charge is 0.495 e. The first-order valence-electron chi connectivity index (χ1n) is 7.26. The zero-order valence-electron chi connectivity index (χ0n) is 13.2. The van der Waals surface area contributed by atoms with Crippen LogP contribution < -0.4 is 4.74 Å². The van der Waals surface area contributed by atoms with E-state index < -0.39 is 0 Å². The van der Waals surface area contributed by atoms with Crippen molar-refractivity contribution in [3.05, 3.63) is 53.3 Å². The Bertz CT molecular complexity index is 773. The summed E-state index contributed by atoms with van der Waals surface area (Å²) in [6, 6.07) is 11.7. The van der Waals surface area contributed by atoms with E-state index in [4.69, 9.17) is 16.3 Å². The molecule has 0 aliphatic rings. The minimum Gasteiger partial charge on any atom is -0.495 e. The summed E-state index contributed by atoms with van der Waals surface area (Å²) < 4.78 is 5.25. The number of halogens is 1. The van der Waals surface area contributed by atoms with E-state index in [-0.39, 0.29) is 0 Å². The van der Waals surface area contributed by atoms with Gasteiger partial charge in [0.1, 0.15) is 10.8 Å². The van der Waals surface area contributed by atoms with E-state index in [1.807, 2.05) is 57.2 Å². The number of pyridine rings is 2. The van der Waals surface area contributed by atoms with Gasteiger partial charge in [0, 0.05) is 22.8 Å². The van der Waals surface area contributed by atoms with Crippen LogP contribution in [0.15, 0.2) is 42.6 Å². The van der Waals surface area contributed by atoms with Crippen molar-refractivity contribution in [2.24, 2.45) is 0 Å². The fourth-order valence-corrected chi connectivity index (χ4v) is 2.54. The molecule has 0 N–H and O–H groups in total. The van der Waals surface area contributed by atoms with E-state index in [1.165, 1.54) is 0 Å². The third-order valence-electron chi connectivity index (χ3n) is 3.17. The number of aryl methyl sites for hydroxylation is 1. The first kappa shape index (κ1) is 16.2. The summed E-state index contributed by atoms with van der Waals surface area (Å²) >= 11 is 6.37. The van der Waals surface area contributed by atoms with Gasteiger partial charge in [-0.25, -0.2) is 0 Å². The minimum atomic E-state index is 0.533. The Morgan fingerprint density at radius 1 is 1.09 bits per heavy atom. The van der Waals surface area contributed by atoms with Crippen LogP contribution in [0.25, 0.3) is 22.2 Å². The Morgan fingerprint density at radius 2 is 1.86 bits per heavy atom. The summed E-state index contributed by atoms with van der Waals surface area (Å²) in [5.41, 5.74) is 3.57. The van der Waals surface area contributed by atoms with Crippen LogP contribution in [0.3, 0.4) is 0 Å². The van der Waals surface area contributed by atoms with Crippen LogP contribution in [0, 0.1) is 6.92 Å². The number of nitrogens with zero attached hydrogens (tertiary/aromatic N) is 2. The molecule has 22 heavy (non-hydrogen) atoms. The number of ether oxygens (including phenoxy) is 1. The molecule has 0 unspecified atom stereocenters. The molecular formula is C18H19ClN2O. The van der Waals surface area contributed by atoms with Gasteiger partial charge in [0.15, 0.2) is 0 Å². The van der Waals surface area contributed by atoms with Gasteiger partial charge in [0.2, 0.25) is 0 Å². The summed E-state index contributed by atoms with van der Waals surface area (Å²) in [4.78, 5) is 8.94. The van der Waals surface area contributed by atoms with E-state index in [0.717, 1.165) is 27.9 Å². The standard InChI is InChI=1S/C16H13ClN2O.C2H6/c1-10-9-12(13-5-3-4-8-18-13)11-6-7-14(20-2)15(17)16(11)19-10;1-2/h3-9H,1-2H3;1-2H3. The molecule has 0 saturated heterocycles. The van der Waals surface area contributed by atoms with Gasteiger partial charge in [-0.2, -0.15) is 0 Å². The second-order valence-corrected chi connectivity index (χ2v) is 4.88. The zero-order chi connectivity index (χ0) is 16.1. The Hall–Kier alpha value is -2.13. The van der Waals surface area contributed by atoms with Gasteiger partial charge in [-0.15, -0.1) is 0 Å². The Kier molecular flexibility index (Phi) is 5.34. The van der Waals surface area contributed by atoms with Crippen molar-refractivity contribution < 1.29 is 4.74 Å². The monoisotopic (exact) mass is 314 g/mol. The van der Waals surface area contributed by atoms with Gasteiger partial charge in [-0.1, -0.05) is 31.5 Å². The van der Waals surface area contributed by atoms with Crippen molar-refractivity contribution in [3.63, 3.8) is 0 Å². The second kappa shape index (κ2) is 7.23. The van der Waals surface area contributed by atoms with Crippen LogP contribution in [-0.2, 0) is 0 Å². The first-order chi connectivity index (χ1) is 10.7. The van der Waals surface area contributed by atoms with Crippen molar-refractivity contribution in [2.75, 3.05) is 7.11 Å². The van der Waals surface area contributed by atoms with Crippen molar-refractivity contribution >= 4 is 22.5 Å². The zero-order valence-corrected chi connectivity index (χ0v) is 14.0. The fourth-order valence-electron chi connectivity index (χ4n) is 2.26. The smallest absolute Gasteiger partial charge is 0.139 e. The molecule has 0 aliphatic heterocycles. The van der Waals surface area contributed by atoms with Crippen molar-refractivity contribution in [3.8, 4) is 17.0 Å². The normalized spacial score (nSPS) is 10.0. The lowest BCUT2D eigenvalue weighted by atomic mass is 10.0. The average molecular weight is 315 g/mol. The molecule has 1 aromatic carbocycles. The minimum absolute atomic E-state index is 0.533. The van der Waals surface area contributed by atoms with Gasteiger partial charge in [-0.05, 0) is 37.3 Å². The van der Waals surface area contributed by atoms with E-state index >= 15 is 0 Å². The molecule has 0 aliphatic carbocycles. The van der Waals surface area contributed by atoms with E-state index in [0.29, 0.717) is 10.8 Å². The quantitative estimate of drug-likeness (QED) is 0.644. The summed E-state index contributed by atoms with van der Waals surface area (Å²) in [6.07, 6.45) is 1.78. The highest BCUT2D eigenvalue weighted by atomic mass is 35.5. The highest BCUT2D eigenvalue weighted by Crippen LogP contribution is 2.36. The van der Waals surface area contributed by atoms with Crippen molar-refractivity contribution in [1.82, 2.24) is 9.97 Å². The number of rotatable bonds is 2. The molecule has 0 bridgehead atoms. The van der Waals surface area contributed by atoms with Crippen LogP contribution in [0.5, 0.6) is 5.75 Å². The number of aromatic nitrogens is 2. The number of hydrogen-bond donors (Lipinski definition) is 0. The third kappa shape index (κ3) is 3.04. The molecule has 0 amide bonds.